The first-order valence-electron chi connectivity index (χ1n) is 8.61. The molecular formula is C18H23N5O4. The van der Waals surface area contributed by atoms with E-state index in [-0.39, 0.29) is 5.92 Å². The van der Waals surface area contributed by atoms with Crippen molar-refractivity contribution in [1.29, 1.82) is 0 Å². The highest BCUT2D eigenvalue weighted by atomic mass is 16.5. The maximum Gasteiger partial charge on any atom is 0.338 e. The fourth-order valence-electron chi connectivity index (χ4n) is 2.93. The number of carbonyl (C=O) groups excluding carboxylic acids is 1. The van der Waals surface area contributed by atoms with Gasteiger partial charge in [-0.3, -0.25) is 0 Å². The van der Waals surface area contributed by atoms with Gasteiger partial charge in [-0.2, -0.15) is 4.68 Å². The third kappa shape index (κ3) is 3.57. The van der Waals surface area contributed by atoms with E-state index >= 15 is 0 Å². The Morgan fingerprint density at radius 3 is 2.67 bits per heavy atom. The molecule has 0 amide bonds. The van der Waals surface area contributed by atoms with Gasteiger partial charge >= 0.3 is 5.97 Å². The highest BCUT2D eigenvalue weighted by molar-refractivity contribution is 5.92. The number of allylic oxidation sites excluding steroid dienone is 1. The third-order valence-corrected chi connectivity index (χ3v) is 4.21. The van der Waals surface area contributed by atoms with Gasteiger partial charge in [0.2, 0.25) is 5.95 Å². The van der Waals surface area contributed by atoms with Crippen molar-refractivity contribution in [2.45, 2.75) is 26.8 Å². The van der Waals surface area contributed by atoms with Crippen LogP contribution in [-0.4, -0.2) is 47.0 Å². The molecular weight excluding hydrogens is 350 g/mol. The van der Waals surface area contributed by atoms with Crippen molar-refractivity contribution in [3.05, 3.63) is 35.0 Å². The standard InChI is InChI=1S/C18H23N5O4/c1-10(2)9-27-17(24)15-11(3)19-18-20-21-22-23(18)16(15)12-6-7-13(25-4)14(8-12)26-5/h6-8,10,16H,9H2,1-5H3,(H,19,20,22). The van der Waals surface area contributed by atoms with E-state index in [4.69, 9.17) is 14.2 Å². The second-order valence-electron chi connectivity index (χ2n) is 6.62. The minimum atomic E-state index is -0.546. The Morgan fingerprint density at radius 1 is 1.26 bits per heavy atom. The number of rotatable bonds is 6. The molecule has 0 aliphatic carbocycles. The molecule has 1 aromatic heterocycles. The van der Waals surface area contributed by atoms with Crippen LogP contribution in [-0.2, 0) is 9.53 Å². The molecule has 27 heavy (non-hydrogen) atoms. The van der Waals surface area contributed by atoms with Crippen molar-refractivity contribution in [1.82, 2.24) is 20.2 Å². The Labute approximate surface area is 157 Å². The maximum absolute atomic E-state index is 12.8. The number of ether oxygens (including phenoxy) is 3. The van der Waals surface area contributed by atoms with Gasteiger partial charge in [-0.25, -0.2) is 4.79 Å². The summed E-state index contributed by atoms with van der Waals surface area (Å²) in [6.07, 6.45) is 0. The van der Waals surface area contributed by atoms with Crippen LogP contribution < -0.4 is 14.8 Å². The van der Waals surface area contributed by atoms with Crippen LogP contribution in [0.4, 0.5) is 5.95 Å². The molecule has 2 aromatic rings. The second kappa shape index (κ2) is 7.65. The summed E-state index contributed by atoms with van der Waals surface area (Å²) in [4.78, 5) is 12.8. The monoisotopic (exact) mass is 373 g/mol. The van der Waals surface area contributed by atoms with Crippen LogP contribution in [0.3, 0.4) is 0 Å². The molecule has 0 saturated heterocycles. The van der Waals surface area contributed by atoms with Crippen LogP contribution in [0.5, 0.6) is 11.5 Å². The van der Waals surface area contributed by atoms with Gasteiger partial charge in [-0.1, -0.05) is 25.0 Å². The summed E-state index contributed by atoms with van der Waals surface area (Å²) >= 11 is 0. The van der Waals surface area contributed by atoms with Gasteiger partial charge in [0.25, 0.3) is 0 Å². The first-order valence-corrected chi connectivity index (χ1v) is 8.61. The molecule has 144 valence electrons. The van der Waals surface area contributed by atoms with E-state index in [1.807, 2.05) is 26.0 Å². The number of hydrogen-bond donors (Lipinski definition) is 1. The molecule has 0 spiro atoms. The van der Waals surface area contributed by atoms with Crippen molar-refractivity contribution in [3.8, 4) is 11.5 Å². The zero-order chi connectivity index (χ0) is 19.6. The van der Waals surface area contributed by atoms with Crippen LogP contribution in [0.2, 0.25) is 0 Å². The van der Waals surface area contributed by atoms with Crippen LogP contribution >= 0.6 is 0 Å². The van der Waals surface area contributed by atoms with Crippen LogP contribution in [0.25, 0.3) is 0 Å². The Kier molecular flexibility index (Phi) is 5.29. The zero-order valence-electron chi connectivity index (χ0n) is 16.0. The predicted octanol–water partition coefficient (Wildman–Crippen LogP) is 2.18. The predicted molar refractivity (Wildman–Crippen MR) is 97.6 cm³/mol. The van der Waals surface area contributed by atoms with E-state index in [0.717, 1.165) is 5.56 Å². The van der Waals surface area contributed by atoms with Crippen LogP contribution in [0.1, 0.15) is 32.4 Å². The molecule has 0 radical (unpaired) electrons. The van der Waals surface area contributed by atoms with Crippen molar-refractivity contribution in [2.24, 2.45) is 5.92 Å². The summed E-state index contributed by atoms with van der Waals surface area (Å²) in [5.41, 5.74) is 1.87. The van der Waals surface area contributed by atoms with Gasteiger partial charge < -0.3 is 19.5 Å². The van der Waals surface area contributed by atoms with Crippen LogP contribution in [0.15, 0.2) is 29.5 Å². The lowest BCUT2D eigenvalue weighted by atomic mass is 9.95. The van der Waals surface area contributed by atoms with Crippen molar-refractivity contribution < 1.29 is 19.0 Å². The number of methoxy groups -OCH3 is 2. The highest BCUT2D eigenvalue weighted by Gasteiger charge is 2.35. The van der Waals surface area contributed by atoms with E-state index in [2.05, 4.69) is 20.8 Å². The first-order chi connectivity index (χ1) is 13.0. The summed E-state index contributed by atoms with van der Waals surface area (Å²) in [6, 6.07) is 4.90. The third-order valence-electron chi connectivity index (χ3n) is 4.21. The fraction of sp³-hybridized carbons (Fsp3) is 0.444. The van der Waals surface area contributed by atoms with Gasteiger partial charge in [-0.05, 0) is 41.0 Å². The number of esters is 1. The summed E-state index contributed by atoms with van der Waals surface area (Å²) in [5, 5.41) is 14.8. The molecule has 0 bridgehead atoms. The Balaban J connectivity index is 2.07. The molecule has 3 rings (SSSR count). The van der Waals surface area contributed by atoms with Gasteiger partial charge in [-0.15, -0.1) is 0 Å². The van der Waals surface area contributed by atoms with Crippen molar-refractivity contribution >= 4 is 11.9 Å². The van der Waals surface area contributed by atoms with E-state index in [9.17, 15) is 4.79 Å². The minimum Gasteiger partial charge on any atom is -0.493 e. The summed E-state index contributed by atoms with van der Waals surface area (Å²) in [5.74, 6) is 1.42. The first kappa shape index (κ1) is 18.7. The zero-order valence-corrected chi connectivity index (χ0v) is 16.0. The molecule has 1 aromatic carbocycles. The molecule has 1 N–H and O–H groups in total. The van der Waals surface area contributed by atoms with E-state index < -0.39 is 12.0 Å². The van der Waals surface area contributed by atoms with E-state index in [1.54, 1.807) is 31.9 Å². The summed E-state index contributed by atoms with van der Waals surface area (Å²) in [7, 11) is 3.13. The number of benzene rings is 1. The molecule has 1 aliphatic rings. The molecule has 2 heterocycles. The number of fused-ring (bicyclic) bond motifs is 1. The number of tetrazole rings is 1. The molecule has 9 nitrogen and oxygen atoms in total. The van der Waals surface area contributed by atoms with Gasteiger partial charge in [0.05, 0.1) is 26.4 Å². The molecule has 9 heteroatoms. The normalized spacial score (nSPS) is 16.0. The molecule has 0 fully saturated rings. The number of nitrogens with zero attached hydrogens (tertiary/aromatic N) is 4. The highest BCUT2D eigenvalue weighted by Crippen LogP contribution is 2.38. The quantitative estimate of drug-likeness (QED) is 0.769. The average molecular weight is 373 g/mol. The number of nitrogens with one attached hydrogen (secondary N) is 1. The Morgan fingerprint density at radius 2 is 2.00 bits per heavy atom. The lowest BCUT2D eigenvalue weighted by molar-refractivity contribution is -0.140. The molecule has 1 atom stereocenters. The number of aromatic nitrogens is 4. The number of carbonyl (C=O) groups is 1. The summed E-state index contributed by atoms with van der Waals surface area (Å²) in [6.45, 7) is 6.10. The largest absolute Gasteiger partial charge is 0.493 e. The van der Waals surface area contributed by atoms with Crippen molar-refractivity contribution in [3.63, 3.8) is 0 Å². The van der Waals surface area contributed by atoms with E-state index in [1.165, 1.54) is 0 Å². The van der Waals surface area contributed by atoms with Crippen LogP contribution in [0, 0.1) is 5.92 Å². The smallest absolute Gasteiger partial charge is 0.338 e. The molecule has 1 aliphatic heterocycles. The SMILES string of the molecule is COc1ccc(C2C(C(=O)OCC(C)C)=C(C)Nc3nnnn32)cc1OC. The Bertz CT molecular complexity index is 874. The number of hydrogen-bond acceptors (Lipinski definition) is 8. The van der Waals surface area contributed by atoms with Gasteiger partial charge in [0, 0.05) is 5.70 Å². The Hall–Kier alpha value is -3.10. The average Bonchev–Trinajstić information content (AvgIpc) is 3.12. The maximum atomic E-state index is 12.8. The minimum absolute atomic E-state index is 0.231. The lowest BCUT2D eigenvalue weighted by Crippen LogP contribution is -2.30. The molecule has 1 unspecified atom stereocenters. The lowest BCUT2D eigenvalue weighted by Gasteiger charge is -2.28. The summed E-state index contributed by atoms with van der Waals surface area (Å²) < 4.78 is 17.7. The van der Waals surface area contributed by atoms with Crippen molar-refractivity contribution in [2.75, 3.05) is 26.1 Å². The van der Waals surface area contributed by atoms with Gasteiger partial charge in [0.15, 0.2) is 11.5 Å². The van der Waals surface area contributed by atoms with Gasteiger partial charge in [0.1, 0.15) is 6.04 Å². The van der Waals surface area contributed by atoms with E-state index in [0.29, 0.717) is 35.3 Å². The number of anilines is 1. The second-order valence-corrected chi connectivity index (χ2v) is 6.62. The fourth-order valence-corrected chi connectivity index (χ4v) is 2.93. The molecule has 0 saturated carbocycles. The topological polar surface area (TPSA) is 100 Å².